The predicted molar refractivity (Wildman–Crippen MR) is 97.3 cm³/mol. The third-order valence-electron chi connectivity index (χ3n) is 3.62. The first kappa shape index (κ1) is 17.8. The van der Waals surface area contributed by atoms with Crippen molar-refractivity contribution in [3.8, 4) is 11.5 Å². The Morgan fingerprint density at radius 2 is 1.96 bits per heavy atom. The van der Waals surface area contributed by atoms with E-state index in [9.17, 15) is 13.6 Å². The van der Waals surface area contributed by atoms with Gasteiger partial charge in [-0.15, -0.1) is 0 Å². The van der Waals surface area contributed by atoms with Crippen LogP contribution in [0.4, 0.5) is 14.5 Å². The molecule has 1 saturated heterocycles. The zero-order valence-electron chi connectivity index (χ0n) is 13.6. The standard InChI is InChI=1S/C18H14F2N2O3S/c1-24-13-7-4-6-12(10-13)22-16(23)14(21-18(22)26)9-11-5-2-3-8-15(11)25-17(19)20/h2-10,17H,1H3,(H,21,26)/b14-9-. The third kappa shape index (κ3) is 3.65. The lowest BCUT2D eigenvalue weighted by Gasteiger charge is -2.14. The quantitative estimate of drug-likeness (QED) is 0.639. The molecule has 1 fully saturated rings. The van der Waals surface area contributed by atoms with Crippen LogP contribution in [0, 0.1) is 0 Å². The van der Waals surface area contributed by atoms with E-state index in [1.165, 1.54) is 24.2 Å². The minimum Gasteiger partial charge on any atom is -0.497 e. The van der Waals surface area contributed by atoms with Gasteiger partial charge in [0.05, 0.1) is 12.8 Å². The van der Waals surface area contributed by atoms with E-state index in [1.807, 2.05) is 0 Å². The molecule has 0 atom stereocenters. The fourth-order valence-corrected chi connectivity index (χ4v) is 2.78. The van der Waals surface area contributed by atoms with Crippen molar-refractivity contribution in [2.45, 2.75) is 6.61 Å². The molecule has 1 aliphatic heterocycles. The normalized spacial score (nSPS) is 15.5. The summed E-state index contributed by atoms with van der Waals surface area (Å²) in [4.78, 5) is 14.0. The molecule has 1 aliphatic rings. The molecule has 8 heteroatoms. The molecular weight excluding hydrogens is 362 g/mol. The molecule has 2 aromatic rings. The summed E-state index contributed by atoms with van der Waals surface area (Å²) in [6.07, 6.45) is 1.42. The number of anilines is 1. The van der Waals surface area contributed by atoms with Crippen LogP contribution in [0.25, 0.3) is 6.08 Å². The van der Waals surface area contributed by atoms with Gasteiger partial charge < -0.3 is 14.8 Å². The van der Waals surface area contributed by atoms with Gasteiger partial charge in [0.15, 0.2) is 5.11 Å². The van der Waals surface area contributed by atoms with Crippen LogP contribution in [0.2, 0.25) is 0 Å². The Hall–Kier alpha value is -3.00. The van der Waals surface area contributed by atoms with Gasteiger partial charge in [-0.2, -0.15) is 8.78 Å². The summed E-state index contributed by atoms with van der Waals surface area (Å²) in [5.74, 6) is 0.136. The van der Waals surface area contributed by atoms with Crippen LogP contribution in [-0.4, -0.2) is 24.7 Å². The number of methoxy groups -OCH3 is 1. The second-order valence-electron chi connectivity index (χ2n) is 5.25. The monoisotopic (exact) mass is 376 g/mol. The van der Waals surface area contributed by atoms with Gasteiger partial charge in [-0.05, 0) is 36.5 Å². The highest BCUT2D eigenvalue weighted by molar-refractivity contribution is 7.80. The Labute approximate surface area is 153 Å². The zero-order chi connectivity index (χ0) is 18.7. The van der Waals surface area contributed by atoms with Gasteiger partial charge in [-0.3, -0.25) is 9.69 Å². The number of rotatable bonds is 5. The molecule has 0 saturated carbocycles. The molecular formula is C18H14F2N2O3S. The Morgan fingerprint density at radius 3 is 2.69 bits per heavy atom. The van der Waals surface area contributed by atoms with Crippen molar-refractivity contribution in [1.82, 2.24) is 5.32 Å². The molecule has 1 heterocycles. The fourth-order valence-electron chi connectivity index (χ4n) is 2.48. The van der Waals surface area contributed by atoms with Gasteiger partial charge in [0, 0.05) is 11.6 Å². The molecule has 5 nitrogen and oxygen atoms in total. The number of benzene rings is 2. The topological polar surface area (TPSA) is 50.8 Å². The summed E-state index contributed by atoms with van der Waals surface area (Å²) in [5, 5.41) is 2.99. The second-order valence-corrected chi connectivity index (χ2v) is 5.63. The Kier molecular flexibility index (Phi) is 5.13. The maximum absolute atomic E-state index is 12.7. The number of carbonyl (C=O) groups excluding carboxylic acids is 1. The molecule has 1 N–H and O–H groups in total. The molecule has 26 heavy (non-hydrogen) atoms. The van der Waals surface area contributed by atoms with E-state index >= 15 is 0 Å². The summed E-state index contributed by atoms with van der Waals surface area (Å²) in [6, 6.07) is 13.0. The fraction of sp³-hybridized carbons (Fsp3) is 0.111. The summed E-state index contributed by atoms with van der Waals surface area (Å²) in [7, 11) is 1.52. The Morgan fingerprint density at radius 1 is 1.19 bits per heavy atom. The zero-order valence-corrected chi connectivity index (χ0v) is 14.4. The van der Waals surface area contributed by atoms with E-state index in [4.69, 9.17) is 17.0 Å². The van der Waals surface area contributed by atoms with Crippen molar-refractivity contribution in [3.63, 3.8) is 0 Å². The van der Waals surface area contributed by atoms with E-state index in [0.29, 0.717) is 17.0 Å². The average molecular weight is 376 g/mol. The van der Waals surface area contributed by atoms with Gasteiger partial charge in [0.2, 0.25) is 0 Å². The van der Waals surface area contributed by atoms with Gasteiger partial charge in [0.25, 0.3) is 5.91 Å². The van der Waals surface area contributed by atoms with Gasteiger partial charge in [-0.25, -0.2) is 0 Å². The largest absolute Gasteiger partial charge is 0.497 e. The van der Waals surface area contributed by atoms with Crippen LogP contribution < -0.4 is 19.7 Å². The van der Waals surface area contributed by atoms with Crippen LogP contribution in [-0.2, 0) is 4.79 Å². The first-order valence-electron chi connectivity index (χ1n) is 7.54. The van der Waals surface area contributed by atoms with Crippen molar-refractivity contribution in [3.05, 3.63) is 59.8 Å². The second kappa shape index (κ2) is 7.49. The highest BCUT2D eigenvalue weighted by Gasteiger charge is 2.32. The van der Waals surface area contributed by atoms with E-state index in [2.05, 4.69) is 10.1 Å². The Bertz CT molecular complexity index is 886. The lowest BCUT2D eigenvalue weighted by atomic mass is 10.1. The molecule has 0 spiro atoms. The van der Waals surface area contributed by atoms with Crippen molar-refractivity contribution < 1.29 is 23.0 Å². The molecule has 0 aliphatic carbocycles. The number of carbonyl (C=O) groups is 1. The first-order chi connectivity index (χ1) is 12.5. The predicted octanol–water partition coefficient (Wildman–Crippen LogP) is 3.56. The molecule has 0 unspecified atom stereocenters. The molecule has 3 rings (SSSR count). The molecule has 0 bridgehead atoms. The minimum absolute atomic E-state index is 0.0321. The number of halogens is 2. The van der Waals surface area contributed by atoms with Gasteiger partial charge >= 0.3 is 6.61 Å². The number of hydrogen-bond acceptors (Lipinski definition) is 4. The van der Waals surface area contributed by atoms with Crippen LogP contribution in [0.3, 0.4) is 0 Å². The molecule has 1 amide bonds. The summed E-state index contributed by atoms with van der Waals surface area (Å²) >= 11 is 5.24. The molecule has 2 aromatic carbocycles. The minimum atomic E-state index is -2.96. The molecule has 134 valence electrons. The number of amides is 1. The smallest absolute Gasteiger partial charge is 0.387 e. The van der Waals surface area contributed by atoms with Crippen molar-refractivity contribution >= 4 is 35.0 Å². The van der Waals surface area contributed by atoms with E-state index in [0.717, 1.165) is 0 Å². The number of nitrogens with zero attached hydrogens (tertiary/aromatic N) is 1. The third-order valence-corrected chi connectivity index (χ3v) is 3.91. The maximum Gasteiger partial charge on any atom is 0.387 e. The van der Waals surface area contributed by atoms with Crippen molar-refractivity contribution in [2.24, 2.45) is 0 Å². The maximum atomic E-state index is 12.7. The highest BCUT2D eigenvalue weighted by Crippen LogP contribution is 2.28. The van der Waals surface area contributed by atoms with Crippen LogP contribution in [0.5, 0.6) is 11.5 Å². The van der Waals surface area contributed by atoms with Crippen molar-refractivity contribution in [2.75, 3.05) is 12.0 Å². The number of hydrogen-bond donors (Lipinski definition) is 1. The Balaban J connectivity index is 1.93. The number of nitrogens with one attached hydrogen (secondary N) is 1. The van der Waals surface area contributed by atoms with E-state index in [-0.39, 0.29) is 16.6 Å². The number of ether oxygens (including phenoxy) is 2. The van der Waals surface area contributed by atoms with Gasteiger partial charge in [0.1, 0.15) is 17.2 Å². The summed E-state index contributed by atoms with van der Waals surface area (Å²) < 4.78 is 34.7. The van der Waals surface area contributed by atoms with E-state index in [1.54, 1.807) is 42.5 Å². The lowest BCUT2D eigenvalue weighted by molar-refractivity contribution is -0.113. The van der Waals surface area contributed by atoms with Crippen LogP contribution in [0.15, 0.2) is 54.2 Å². The van der Waals surface area contributed by atoms with E-state index < -0.39 is 12.5 Å². The molecule has 0 aromatic heterocycles. The SMILES string of the molecule is COc1cccc(N2C(=O)/C(=C/c3ccccc3OC(F)F)NC2=S)c1. The number of alkyl halides is 2. The van der Waals surface area contributed by atoms with Crippen LogP contribution >= 0.6 is 12.2 Å². The number of para-hydroxylation sites is 1. The summed E-state index contributed by atoms with van der Waals surface area (Å²) in [5.41, 5.74) is 1.02. The highest BCUT2D eigenvalue weighted by atomic mass is 32.1. The van der Waals surface area contributed by atoms with Gasteiger partial charge in [-0.1, -0.05) is 24.3 Å². The average Bonchev–Trinajstić information content (AvgIpc) is 2.90. The summed E-state index contributed by atoms with van der Waals surface area (Å²) in [6.45, 7) is -2.96. The van der Waals surface area contributed by atoms with Crippen LogP contribution in [0.1, 0.15) is 5.56 Å². The van der Waals surface area contributed by atoms with Crippen molar-refractivity contribution in [1.29, 1.82) is 0 Å². The first-order valence-corrected chi connectivity index (χ1v) is 7.95. The lowest BCUT2D eigenvalue weighted by Crippen LogP contribution is -2.30. The number of thiocarbonyl (C=S) groups is 1. The molecule has 0 radical (unpaired) electrons.